The first-order valence-electron chi connectivity index (χ1n) is 16.3. The van der Waals surface area contributed by atoms with Gasteiger partial charge in [-0.15, -0.1) is 0 Å². The molecular formula is C37H42F4O4. The van der Waals surface area contributed by atoms with E-state index in [0.29, 0.717) is 61.8 Å². The van der Waals surface area contributed by atoms with Gasteiger partial charge in [0.05, 0.1) is 18.8 Å². The van der Waals surface area contributed by atoms with Gasteiger partial charge in [0.2, 0.25) is 11.6 Å². The number of rotatable bonds is 11. The van der Waals surface area contributed by atoms with E-state index in [1.54, 1.807) is 25.1 Å². The molecule has 5 rings (SSSR count). The molecule has 0 aromatic heterocycles. The number of ether oxygens (including phenoxy) is 3. The number of hydrogen-bond donors (Lipinski definition) is 0. The van der Waals surface area contributed by atoms with Gasteiger partial charge >= 0.3 is 5.97 Å². The fraction of sp³-hybridized carbons (Fsp3) is 0.486. The Labute approximate surface area is 263 Å². The molecule has 0 radical (unpaired) electrons. The molecule has 2 aliphatic carbocycles. The van der Waals surface area contributed by atoms with Crippen LogP contribution in [0.15, 0.2) is 48.5 Å². The van der Waals surface area contributed by atoms with Crippen LogP contribution in [0, 0.1) is 23.3 Å². The Morgan fingerprint density at radius 1 is 0.644 bits per heavy atom. The molecule has 2 aliphatic rings. The van der Waals surface area contributed by atoms with Gasteiger partial charge in [-0.3, -0.25) is 0 Å². The standard InChI is InChI=1S/C37H42F4O4/c1-3-5-22-44-32-21-19-29(34(39)36(32)41)25-14-16-26(17-15-25)45-37(42)30-9-7-6-8-27(30)23-10-12-24(13-11-23)28-18-20-31(43-4-2)35(40)33(28)38/h6-9,18-21,23-26H,3-5,10-17,22H2,1-2H3. The highest BCUT2D eigenvalue weighted by atomic mass is 19.2. The normalized spacial score (nSPS) is 21.7. The predicted octanol–water partition coefficient (Wildman–Crippen LogP) is 10.1. The molecule has 2 saturated carbocycles. The molecule has 0 heterocycles. The van der Waals surface area contributed by atoms with Crippen LogP contribution in [0.2, 0.25) is 0 Å². The second-order valence-corrected chi connectivity index (χ2v) is 12.2. The second-order valence-electron chi connectivity index (χ2n) is 12.2. The summed E-state index contributed by atoms with van der Waals surface area (Å²) in [7, 11) is 0. The summed E-state index contributed by atoms with van der Waals surface area (Å²) in [6.07, 6.45) is 6.46. The van der Waals surface area contributed by atoms with E-state index >= 15 is 0 Å². The van der Waals surface area contributed by atoms with Crippen LogP contribution < -0.4 is 9.47 Å². The summed E-state index contributed by atoms with van der Waals surface area (Å²) < 4.78 is 75.4. The molecule has 0 unspecified atom stereocenters. The van der Waals surface area contributed by atoms with Crippen LogP contribution >= 0.6 is 0 Å². The number of benzene rings is 3. The molecule has 3 aromatic rings. The van der Waals surface area contributed by atoms with Crippen LogP contribution in [-0.2, 0) is 4.74 Å². The van der Waals surface area contributed by atoms with Gasteiger partial charge in [-0.2, -0.15) is 8.78 Å². The monoisotopic (exact) mass is 626 g/mol. The van der Waals surface area contributed by atoms with Crippen LogP contribution in [0.5, 0.6) is 11.5 Å². The van der Waals surface area contributed by atoms with E-state index in [1.165, 1.54) is 12.1 Å². The quantitative estimate of drug-likeness (QED) is 0.121. The first-order valence-corrected chi connectivity index (χ1v) is 16.3. The van der Waals surface area contributed by atoms with Crippen molar-refractivity contribution in [1.29, 1.82) is 0 Å². The summed E-state index contributed by atoms with van der Waals surface area (Å²) in [4.78, 5) is 13.4. The van der Waals surface area contributed by atoms with Crippen LogP contribution in [-0.4, -0.2) is 25.3 Å². The minimum Gasteiger partial charge on any atom is -0.491 e. The Bertz CT molecular complexity index is 1460. The lowest BCUT2D eigenvalue weighted by molar-refractivity contribution is 0.0192. The Morgan fingerprint density at radius 3 is 1.71 bits per heavy atom. The fourth-order valence-electron chi connectivity index (χ4n) is 6.89. The van der Waals surface area contributed by atoms with E-state index in [2.05, 4.69) is 0 Å². The number of carbonyl (C=O) groups excluding carboxylic acids is 1. The second kappa shape index (κ2) is 15.2. The minimum absolute atomic E-state index is 0.0586. The third-order valence-corrected chi connectivity index (χ3v) is 9.38. The van der Waals surface area contributed by atoms with Crippen molar-refractivity contribution in [3.8, 4) is 11.5 Å². The Hall–Kier alpha value is -3.55. The van der Waals surface area contributed by atoms with Gasteiger partial charge in [-0.05, 0) is 117 Å². The highest BCUT2D eigenvalue weighted by molar-refractivity contribution is 5.91. The number of halogens is 4. The number of hydrogen-bond acceptors (Lipinski definition) is 4. The largest absolute Gasteiger partial charge is 0.491 e. The molecule has 0 bridgehead atoms. The van der Waals surface area contributed by atoms with E-state index in [4.69, 9.17) is 14.2 Å². The van der Waals surface area contributed by atoms with Crippen molar-refractivity contribution in [2.45, 2.75) is 102 Å². The van der Waals surface area contributed by atoms with Crippen molar-refractivity contribution in [2.75, 3.05) is 13.2 Å². The van der Waals surface area contributed by atoms with Crippen molar-refractivity contribution >= 4 is 5.97 Å². The average Bonchev–Trinajstić information content (AvgIpc) is 3.06. The molecule has 8 heteroatoms. The zero-order chi connectivity index (χ0) is 31.9. The third kappa shape index (κ3) is 7.47. The molecule has 45 heavy (non-hydrogen) atoms. The maximum Gasteiger partial charge on any atom is 0.338 e. The first-order chi connectivity index (χ1) is 21.8. The molecule has 0 amide bonds. The Kier molecular flexibility index (Phi) is 11.1. The molecule has 2 fully saturated rings. The number of carbonyl (C=O) groups is 1. The van der Waals surface area contributed by atoms with Gasteiger partial charge < -0.3 is 14.2 Å². The molecule has 242 valence electrons. The zero-order valence-corrected chi connectivity index (χ0v) is 26.1. The molecule has 3 aromatic carbocycles. The van der Waals surface area contributed by atoms with Gasteiger partial charge in [-0.1, -0.05) is 43.7 Å². The molecule has 0 spiro atoms. The number of unbranched alkanes of at least 4 members (excludes halogenated alkanes) is 1. The van der Waals surface area contributed by atoms with Crippen molar-refractivity contribution in [2.24, 2.45) is 0 Å². The van der Waals surface area contributed by atoms with Crippen LogP contribution in [0.25, 0.3) is 0 Å². The highest BCUT2D eigenvalue weighted by Crippen LogP contribution is 2.43. The number of esters is 1. The fourth-order valence-corrected chi connectivity index (χ4v) is 6.89. The average molecular weight is 627 g/mol. The van der Waals surface area contributed by atoms with Gasteiger partial charge in [0.1, 0.15) is 6.10 Å². The Morgan fingerprint density at radius 2 is 1.16 bits per heavy atom. The first kappa shape index (κ1) is 32.8. The van der Waals surface area contributed by atoms with E-state index < -0.39 is 23.3 Å². The topological polar surface area (TPSA) is 44.8 Å². The summed E-state index contributed by atoms with van der Waals surface area (Å²) in [5.74, 6) is -4.27. The summed E-state index contributed by atoms with van der Waals surface area (Å²) >= 11 is 0. The van der Waals surface area contributed by atoms with Crippen LogP contribution in [0.3, 0.4) is 0 Å². The van der Waals surface area contributed by atoms with Crippen molar-refractivity contribution in [1.82, 2.24) is 0 Å². The van der Waals surface area contributed by atoms with Crippen LogP contribution in [0.1, 0.15) is 123 Å². The molecular weight excluding hydrogens is 584 g/mol. The maximum absolute atomic E-state index is 14.9. The lowest BCUT2D eigenvalue weighted by Gasteiger charge is -2.31. The van der Waals surface area contributed by atoms with Gasteiger partial charge in [-0.25, -0.2) is 13.6 Å². The van der Waals surface area contributed by atoms with Crippen molar-refractivity contribution in [3.63, 3.8) is 0 Å². The lowest BCUT2D eigenvalue weighted by Crippen LogP contribution is -2.25. The van der Waals surface area contributed by atoms with Crippen LogP contribution in [0.4, 0.5) is 17.6 Å². The van der Waals surface area contributed by atoms with Crippen molar-refractivity contribution < 1.29 is 36.6 Å². The van der Waals surface area contributed by atoms with E-state index in [9.17, 15) is 22.4 Å². The summed E-state index contributed by atoms with van der Waals surface area (Å²) in [5.41, 5.74) is 2.14. The molecule has 4 nitrogen and oxygen atoms in total. The Balaban J connectivity index is 1.17. The highest BCUT2D eigenvalue weighted by Gasteiger charge is 2.32. The molecule has 0 saturated heterocycles. The van der Waals surface area contributed by atoms with E-state index in [0.717, 1.165) is 31.2 Å². The molecule has 0 atom stereocenters. The maximum atomic E-state index is 14.9. The van der Waals surface area contributed by atoms with E-state index in [-0.39, 0.29) is 47.9 Å². The lowest BCUT2D eigenvalue weighted by atomic mass is 9.75. The molecule has 0 aliphatic heterocycles. The smallest absolute Gasteiger partial charge is 0.338 e. The third-order valence-electron chi connectivity index (χ3n) is 9.38. The molecule has 0 N–H and O–H groups in total. The van der Waals surface area contributed by atoms with Gasteiger partial charge in [0.25, 0.3) is 0 Å². The van der Waals surface area contributed by atoms with Gasteiger partial charge in [0, 0.05) is 0 Å². The van der Waals surface area contributed by atoms with E-state index in [1.807, 2.05) is 25.1 Å². The SMILES string of the molecule is CCCCOc1ccc(C2CCC(OC(=O)c3ccccc3C3CCC(c4ccc(OCC)c(F)c4F)CC3)CC2)c(F)c1F. The minimum atomic E-state index is -0.945. The zero-order valence-electron chi connectivity index (χ0n) is 26.1. The van der Waals surface area contributed by atoms with Crippen molar-refractivity contribution in [3.05, 3.63) is 94.1 Å². The summed E-state index contributed by atoms with van der Waals surface area (Å²) in [6.45, 7) is 4.33. The summed E-state index contributed by atoms with van der Waals surface area (Å²) in [5, 5.41) is 0. The summed E-state index contributed by atoms with van der Waals surface area (Å²) in [6, 6.07) is 13.7. The predicted molar refractivity (Wildman–Crippen MR) is 165 cm³/mol. The van der Waals surface area contributed by atoms with Gasteiger partial charge in [0.15, 0.2) is 23.1 Å².